The molecule has 0 saturated heterocycles. The van der Waals surface area contributed by atoms with Gasteiger partial charge < -0.3 is 5.11 Å². The van der Waals surface area contributed by atoms with Gasteiger partial charge in [-0.1, -0.05) is 103 Å². The van der Waals surface area contributed by atoms with Crippen LogP contribution in [0.5, 0.6) is 0 Å². The van der Waals surface area contributed by atoms with E-state index in [2.05, 4.69) is 66.7 Å². The summed E-state index contributed by atoms with van der Waals surface area (Å²) < 4.78 is 0. The first-order valence-electron chi connectivity index (χ1n) is 11.1. The van der Waals surface area contributed by atoms with Gasteiger partial charge in [-0.05, 0) is 59.6 Å². The van der Waals surface area contributed by atoms with Crippen molar-refractivity contribution in [3.05, 3.63) is 130 Å². The number of hydrogen-bond acceptors (Lipinski definition) is 1. The first-order valence-corrected chi connectivity index (χ1v) is 11.1. The largest absolute Gasteiger partial charge is 0.384 e. The van der Waals surface area contributed by atoms with E-state index in [4.69, 9.17) is 0 Å². The molecule has 0 aliphatic heterocycles. The van der Waals surface area contributed by atoms with Gasteiger partial charge in [-0.15, -0.1) is 0 Å². The summed E-state index contributed by atoms with van der Waals surface area (Å²) in [6.45, 7) is 0. The number of rotatable bonds is 4. The fourth-order valence-corrected chi connectivity index (χ4v) is 5.24. The van der Waals surface area contributed by atoms with E-state index in [0.717, 1.165) is 5.56 Å². The summed E-state index contributed by atoms with van der Waals surface area (Å²) in [5, 5.41) is 11.1. The molecular formula is C29H28O. The van der Waals surface area contributed by atoms with Crippen LogP contribution in [0.15, 0.2) is 114 Å². The molecule has 1 N–H and O–H groups in total. The third-order valence-corrected chi connectivity index (χ3v) is 6.68. The highest BCUT2D eigenvalue weighted by Crippen LogP contribution is 2.66. The molecule has 1 heteroatoms. The van der Waals surface area contributed by atoms with Crippen LogP contribution >= 0.6 is 0 Å². The SMILES string of the molecule is OC(/C=C1/C(=C2CCCCC2)C1(c1ccccc1)c1ccccc1)c1ccccc1. The highest BCUT2D eigenvalue weighted by atomic mass is 16.3. The monoisotopic (exact) mass is 392 g/mol. The van der Waals surface area contributed by atoms with Crippen molar-refractivity contribution in [3.63, 3.8) is 0 Å². The lowest BCUT2D eigenvalue weighted by Crippen LogP contribution is -2.11. The Morgan fingerprint density at radius 1 is 0.667 bits per heavy atom. The molecule has 5 rings (SSSR count). The highest BCUT2D eigenvalue weighted by molar-refractivity contribution is 5.81. The average Bonchev–Trinajstić information content (AvgIpc) is 3.50. The lowest BCUT2D eigenvalue weighted by Gasteiger charge is -2.19. The summed E-state index contributed by atoms with van der Waals surface area (Å²) in [6, 6.07) is 31.6. The molecule has 150 valence electrons. The normalized spacial score (nSPS) is 20.2. The molecule has 2 aliphatic rings. The van der Waals surface area contributed by atoms with Crippen LogP contribution in [-0.2, 0) is 5.41 Å². The van der Waals surface area contributed by atoms with Crippen molar-refractivity contribution in [2.75, 3.05) is 0 Å². The molecule has 3 aromatic carbocycles. The molecule has 0 radical (unpaired) electrons. The molecule has 0 bridgehead atoms. The number of aliphatic hydroxyl groups excluding tert-OH is 1. The standard InChI is InChI=1S/C29H28O/c30-27(22-13-5-1-6-14-22)21-26-28(23-15-7-2-8-16-23)29(26,24-17-9-3-10-18-24)25-19-11-4-12-20-25/h1,3-6,9-14,17-21,27,30H,2,7-8,15-16H2/b26-21-. The topological polar surface area (TPSA) is 20.2 Å². The Morgan fingerprint density at radius 3 is 1.70 bits per heavy atom. The van der Waals surface area contributed by atoms with Gasteiger partial charge in [0.2, 0.25) is 0 Å². The van der Waals surface area contributed by atoms with E-state index in [0.29, 0.717) is 0 Å². The molecular weight excluding hydrogens is 364 g/mol. The summed E-state index contributed by atoms with van der Waals surface area (Å²) in [4.78, 5) is 0. The van der Waals surface area contributed by atoms with Crippen LogP contribution in [0.3, 0.4) is 0 Å². The Hall–Kier alpha value is -2.90. The van der Waals surface area contributed by atoms with Crippen molar-refractivity contribution in [2.24, 2.45) is 0 Å². The van der Waals surface area contributed by atoms with Gasteiger partial charge in [-0.3, -0.25) is 0 Å². The van der Waals surface area contributed by atoms with Crippen LogP contribution < -0.4 is 0 Å². The molecule has 0 amide bonds. The molecule has 2 saturated carbocycles. The first kappa shape index (κ1) is 19.1. The Labute approximate surface area is 179 Å². The Balaban J connectivity index is 1.71. The van der Waals surface area contributed by atoms with Crippen molar-refractivity contribution in [1.82, 2.24) is 0 Å². The molecule has 1 unspecified atom stereocenters. The van der Waals surface area contributed by atoms with Crippen molar-refractivity contribution < 1.29 is 5.11 Å². The summed E-state index contributed by atoms with van der Waals surface area (Å²) >= 11 is 0. The molecule has 2 aliphatic carbocycles. The van der Waals surface area contributed by atoms with Crippen LogP contribution in [0.2, 0.25) is 0 Å². The average molecular weight is 393 g/mol. The zero-order valence-electron chi connectivity index (χ0n) is 17.3. The van der Waals surface area contributed by atoms with Gasteiger partial charge in [0.05, 0.1) is 11.5 Å². The third-order valence-electron chi connectivity index (χ3n) is 6.68. The van der Waals surface area contributed by atoms with Gasteiger partial charge in [-0.2, -0.15) is 0 Å². The molecule has 1 nitrogen and oxygen atoms in total. The molecule has 2 fully saturated rings. The van der Waals surface area contributed by atoms with E-state index in [1.54, 1.807) is 5.57 Å². The maximum absolute atomic E-state index is 11.1. The summed E-state index contributed by atoms with van der Waals surface area (Å²) in [5.41, 5.74) is 7.64. The van der Waals surface area contributed by atoms with E-state index in [9.17, 15) is 5.11 Å². The Kier molecular flexibility index (Phi) is 5.14. The highest BCUT2D eigenvalue weighted by Gasteiger charge is 2.58. The predicted molar refractivity (Wildman–Crippen MR) is 123 cm³/mol. The van der Waals surface area contributed by atoms with Crippen molar-refractivity contribution in [3.8, 4) is 0 Å². The minimum atomic E-state index is -0.602. The smallest absolute Gasteiger partial charge is 0.0978 e. The Morgan fingerprint density at radius 2 is 1.17 bits per heavy atom. The second kappa shape index (κ2) is 8.08. The maximum atomic E-state index is 11.1. The fraction of sp³-hybridized carbons (Fsp3) is 0.241. The quantitative estimate of drug-likeness (QED) is 0.511. The fourth-order valence-electron chi connectivity index (χ4n) is 5.24. The molecule has 30 heavy (non-hydrogen) atoms. The number of allylic oxidation sites excluding steroid dienone is 3. The molecule has 3 aromatic rings. The van der Waals surface area contributed by atoms with E-state index in [1.165, 1.54) is 54.4 Å². The molecule has 0 aromatic heterocycles. The van der Waals surface area contributed by atoms with Crippen molar-refractivity contribution in [2.45, 2.75) is 43.6 Å². The molecule has 0 heterocycles. The lowest BCUT2D eigenvalue weighted by molar-refractivity contribution is 0.228. The minimum absolute atomic E-state index is 0.231. The van der Waals surface area contributed by atoms with Crippen molar-refractivity contribution in [1.29, 1.82) is 0 Å². The summed E-state index contributed by atoms with van der Waals surface area (Å²) in [6.07, 6.45) is 7.72. The first-order chi connectivity index (χ1) is 14.8. The van der Waals surface area contributed by atoms with Crippen LogP contribution in [0.25, 0.3) is 0 Å². The number of benzene rings is 3. The van der Waals surface area contributed by atoms with E-state index in [1.807, 2.05) is 30.3 Å². The third kappa shape index (κ3) is 3.24. The van der Waals surface area contributed by atoms with E-state index < -0.39 is 6.10 Å². The van der Waals surface area contributed by atoms with Crippen molar-refractivity contribution >= 4 is 0 Å². The van der Waals surface area contributed by atoms with Crippen LogP contribution in [-0.4, -0.2) is 5.11 Å². The van der Waals surface area contributed by atoms with E-state index >= 15 is 0 Å². The van der Waals surface area contributed by atoms with Gasteiger partial charge in [0.25, 0.3) is 0 Å². The van der Waals surface area contributed by atoms with Gasteiger partial charge in [0, 0.05) is 0 Å². The van der Waals surface area contributed by atoms with Gasteiger partial charge in [-0.25, -0.2) is 0 Å². The van der Waals surface area contributed by atoms with Gasteiger partial charge in [0.1, 0.15) is 0 Å². The van der Waals surface area contributed by atoms with E-state index in [-0.39, 0.29) is 5.41 Å². The second-order valence-electron chi connectivity index (χ2n) is 8.46. The molecule has 1 atom stereocenters. The second-order valence-corrected chi connectivity index (χ2v) is 8.46. The van der Waals surface area contributed by atoms with Gasteiger partial charge >= 0.3 is 0 Å². The maximum Gasteiger partial charge on any atom is 0.0978 e. The summed E-state index contributed by atoms with van der Waals surface area (Å²) in [5.74, 6) is 0. The number of aliphatic hydroxyl groups is 1. The zero-order valence-corrected chi connectivity index (χ0v) is 17.3. The predicted octanol–water partition coefficient (Wildman–Crippen LogP) is 6.91. The van der Waals surface area contributed by atoms with Crippen LogP contribution in [0, 0.1) is 0 Å². The minimum Gasteiger partial charge on any atom is -0.384 e. The number of hydrogen-bond donors (Lipinski definition) is 1. The Bertz CT molecular complexity index is 1010. The lowest BCUT2D eigenvalue weighted by atomic mass is 9.84. The van der Waals surface area contributed by atoms with Gasteiger partial charge in [0.15, 0.2) is 0 Å². The van der Waals surface area contributed by atoms with Crippen LogP contribution in [0.4, 0.5) is 0 Å². The molecule has 0 spiro atoms. The van der Waals surface area contributed by atoms with Crippen LogP contribution in [0.1, 0.15) is 54.9 Å². The summed E-state index contributed by atoms with van der Waals surface area (Å²) in [7, 11) is 0. The zero-order chi connectivity index (χ0) is 20.4.